The van der Waals surface area contributed by atoms with E-state index in [-0.39, 0.29) is 0 Å². The first kappa shape index (κ1) is 5.29. The van der Waals surface area contributed by atoms with Gasteiger partial charge >= 0.3 is 0 Å². The third-order valence-electron chi connectivity index (χ3n) is 1.14. The van der Waals surface area contributed by atoms with Crippen LogP contribution in [0.1, 0.15) is 0 Å². The lowest BCUT2D eigenvalue weighted by molar-refractivity contribution is -0.111. The molecule has 0 saturated heterocycles. The molecule has 0 aromatic heterocycles. The Balaban J connectivity index is 2.83. The van der Waals surface area contributed by atoms with Crippen LogP contribution in [-0.2, 0) is 4.79 Å². The molecule has 1 radical (unpaired) electrons. The van der Waals surface area contributed by atoms with E-state index in [0.717, 1.165) is 6.29 Å². The summed E-state index contributed by atoms with van der Waals surface area (Å²) in [5.74, 6) is 0. The van der Waals surface area contributed by atoms with E-state index in [1.165, 1.54) is 0 Å². The third kappa shape index (κ3) is 0.713. The molecule has 1 heteroatoms. The first-order valence-corrected chi connectivity index (χ1v) is 2.46. The minimum Gasteiger partial charge on any atom is -0.302 e. The molecule has 0 bridgehead atoms. The maximum atomic E-state index is 10.2. The van der Waals surface area contributed by atoms with Gasteiger partial charge in [0, 0.05) is 0 Å². The van der Waals surface area contributed by atoms with Crippen molar-refractivity contribution in [2.24, 2.45) is 5.41 Å². The minimum absolute atomic E-state index is 0.556. The Morgan fingerprint density at radius 1 is 1.38 bits per heavy atom. The number of allylic oxidation sites excluding steroid dienone is 4. The first-order valence-electron chi connectivity index (χ1n) is 2.46. The molecule has 0 saturated carbocycles. The predicted octanol–water partition coefficient (Wildman–Crippen LogP) is 1.13. The normalized spacial score (nSPS) is 21.6. The van der Waals surface area contributed by atoms with Gasteiger partial charge in [0.1, 0.15) is 6.29 Å². The summed E-state index contributed by atoms with van der Waals surface area (Å²) in [4.78, 5) is 10.2. The van der Waals surface area contributed by atoms with E-state index in [1.54, 1.807) is 12.2 Å². The molecule has 0 aromatic carbocycles. The van der Waals surface area contributed by atoms with Crippen LogP contribution in [0.3, 0.4) is 0 Å². The maximum Gasteiger partial charge on any atom is 0.133 e. The van der Waals surface area contributed by atoms with E-state index in [9.17, 15) is 4.79 Å². The van der Waals surface area contributed by atoms with E-state index in [1.807, 2.05) is 12.2 Å². The summed E-state index contributed by atoms with van der Waals surface area (Å²) in [5, 5.41) is 0. The molecule has 0 aliphatic heterocycles. The topological polar surface area (TPSA) is 17.1 Å². The second kappa shape index (κ2) is 1.58. The van der Waals surface area contributed by atoms with Crippen LogP contribution in [0.15, 0.2) is 24.3 Å². The van der Waals surface area contributed by atoms with E-state index >= 15 is 0 Å². The van der Waals surface area contributed by atoms with Gasteiger partial charge in [-0.2, -0.15) is 0 Å². The quantitative estimate of drug-likeness (QED) is 0.459. The fourth-order valence-electron chi connectivity index (χ4n) is 0.604. The molecule has 0 unspecified atom stereocenters. The molecule has 0 heterocycles. The lowest BCUT2D eigenvalue weighted by Crippen LogP contribution is -2.08. The van der Waals surface area contributed by atoms with E-state index in [4.69, 9.17) is 0 Å². The van der Waals surface area contributed by atoms with Crippen LogP contribution in [0.2, 0.25) is 0 Å². The summed E-state index contributed by atoms with van der Waals surface area (Å²) in [6.07, 6.45) is 8.00. The molecule has 0 spiro atoms. The summed E-state index contributed by atoms with van der Waals surface area (Å²) in [7, 11) is 0. The molecule has 1 rings (SSSR count). The SMILES string of the molecule is [CH2]C1(C=O)C=CC=C1. The second-order valence-corrected chi connectivity index (χ2v) is 1.95. The fraction of sp³-hybridized carbons (Fsp3) is 0.143. The summed E-state index contributed by atoms with van der Waals surface area (Å²) in [5.41, 5.74) is -0.556. The molecule has 0 amide bonds. The fourth-order valence-corrected chi connectivity index (χ4v) is 0.604. The highest BCUT2D eigenvalue weighted by Crippen LogP contribution is 2.20. The van der Waals surface area contributed by atoms with Gasteiger partial charge in [-0.25, -0.2) is 0 Å². The minimum atomic E-state index is -0.556. The van der Waals surface area contributed by atoms with Gasteiger partial charge in [-0.1, -0.05) is 24.3 Å². The van der Waals surface area contributed by atoms with Gasteiger partial charge < -0.3 is 4.79 Å². The molecule has 41 valence electrons. The van der Waals surface area contributed by atoms with Gasteiger partial charge in [-0.05, 0) is 6.92 Å². The van der Waals surface area contributed by atoms with Gasteiger partial charge in [-0.3, -0.25) is 0 Å². The Morgan fingerprint density at radius 3 is 2.12 bits per heavy atom. The zero-order valence-corrected chi connectivity index (χ0v) is 4.50. The van der Waals surface area contributed by atoms with Gasteiger partial charge in [0.05, 0.1) is 5.41 Å². The smallest absolute Gasteiger partial charge is 0.133 e. The Morgan fingerprint density at radius 2 is 1.88 bits per heavy atom. The Labute approximate surface area is 48.7 Å². The summed E-state index contributed by atoms with van der Waals surface area (Å²) >= 11 is 0. The number of hydrogen-bond acceptors (Lipinski definition) is 1. The highest BCUT2D eigenvalue weighted by atomic mass is 16.1. The molecule has 0 fully saturated rings. The predicted molar refractivity (Wildman–Crippen MR) is 32.1 cm³/mol. The van der Waals surface area contributed by atoms with Gasteiger partial charge in [0.25, 0.3) is 0 Å². The highest BCUT2D eigenvalue weighted by Gasteiger charge is 2.17. The highest BCUT2D eigenvalue weighted by molar-refractivity contribution is 5.69. The lowest BCUT2D eigenvalue weighted by atomic mass is 9.96. The van der Waals surface area contributed by atoms with Crippen molar-refractivity contribution >= 4 is 6.29 Å². The third-order valence-corrected chi connectivity index (χ3v) is 1.14. The molecular weight excluding hydrogens is 100 g/mol. The Bertz CT molecular complexity index is 142. The van der Waals surface area contributed by atoms with Gasteiger partial charge in [0.2, 0.25) is 0 Å². The van der Waals surface area contributed by atoms with E-state index < -0.39 is 5.41 Å². The van der Waals surface area contributed by atoms with Crippen molar-refractivity contribution in [3.63, 3.8) is 0 Å². The van der Waals surface area contributed by atoms with Gasteiger partial charge in [-0.15, -0.1) is 0 Å². The molecule has 1 nitrogen and oxygen atoms in total. The monoisotopic (exact) mass is 107 g/mol. The number of carbonyl (C=O) groups excluding carboxylic acids is 1. The summed E-state index contributed by atoms with van der Waals surface area (Å²) < 4.78 is 0. The molecule has 8 heavy (non-hydrogen) atoms. The largest absolute Gasteiger partial charge is 0.302 e. The Hall–Kier alpha value is -0.850. The van der Waals surface area contributed by atoms with Crippen molar-refractivity contribution in [2.75, 3.05) is 0 Å². The summed E-state index contributed by atoms with van der Waals surface area (Å²) in [6, 6.07) is 0. The average molecular weight is 107 g/mol. The van der Waals surface area contributed by atoms with Crippen molar-refractivity contribution in [1.29, 1.82) is 0 Å². The van der Waals surface area contributed by atoms with E-state index in [0.29, 0.717) is 0 Å². The number of rotatable bonds is 1. The van der Waals surface area contributed by atoms with Crippen LogP contribution >= 0.6 is 0 Å². The van der Waals surface area contributed by atoms with Crippen LogP contribution < -0.4 is 0 Å². The van der Waals surface area contributed by atoms with Crippen molar-refractivity contribution in [3.05, 3.63) is 31.2 Å². The van der Waals surface area contributed by atoms with Crippen molar-refractivity contribution in [3.8, 4) is 0 Å². The number of hydrogen-bond donors (Lipinski definition) is 0. The standard InChI is InChI=1S/C7H7O/c1-7(6-8)4-2-3-5-7/h2-6H,1H2. The van der Waals surface area contributed by atoms with Crippen LogP contribution in [0.25, 0.3) is 0 Å². The zero-order valence-electron chi connectivity index (χ0n) is 4.50. The van der Waals surface area contributed by atoms with Crippen LogP contribution in [0.5, 0.6) is 0 Å². The number of aldehydes is 1. The average Bonchev–Trinajstić information content (AvgIpc) is 2.17. The molecule has 0 N–H and O–H groups in total. The number of carbonyl (C=O) groups is 1. The lowest BCUT2D eigenvalue weighted by Gasteiger charge is -2.05. The van der Waals surface area contributed by atoms with Crippen molar-refractivity contribution < 1.29 is 4.79 Å². The second-order valence-electron chi connectivity index (χ2n) is 1.95. The maximum absolute atomic E-state index is 10.2. The first-order chi connectivity index (χ1) is 3.77. The molecule has 0 aromatic rings. The molecule has 1 aliphatic carbocycles. The van der Waals surface area contributed by atoms with Crippen molar-refractivity contribution in [1.82, 2.24) is 0 Å². The molecule has 1 aliphatic rings. The van der Waals surface area contributed by atoms with Crippen molar-refractivity contribution in [2.45, 2.75) is 0 Å². The van der Waals surface area contributed by atoms with E-state index in [2.05, 4.69) is 6.92 Å². The van der Waals surface area contributed by atoms with Crippen LogP contribution in [0, 0.1) is 12.3 Å². The zero-order chi connectivity index (χ0) is 6.04. The van der Waals surface area contributed by atoms with Crippen LogP contribution in [0.4, 0.5) is 0 Å². The summed E-state index contributed by atoms with van der Waals surface area (Å²) in [6.45, 7) is 3.65. The Kier molecular flexibility index (Phi) is 1.05. The molecular formula is C7H7O. The van der Waals surface area contributed by atoms with Gasteiger partial charge in [0.15, 0.2) is 0 Å². The molecule has 0 atom stereocenters. The van der Waals surface area contributed by atoms with Crippen LogP contribution in [-0.4, -0.2) is 6.29 Å².